The zero-order valence-electron chi connectivity index (χ0n) is 13.4. The fraction of sp³-hybridized carbons (Fsp3) is 0.944. The van der Waals surface area contributed by atoms with Crippen molar-refractivity contribution in [3.63, 3.8) is 0 Å². The van der Waals surface area contributed by atoms with Gasteiger partial charge in [-0.1, -0.05) is 47.0 Å². The molecule has 0 saturated heterocycles. The molecular formula is C18H32O. The lowest BCUT2D eigenvalue weighted by Gasteiger charge is -2.46. The molecule has 0 spiro atoms. The number of Topliss-reactive ketones (excluding diaryl/α,β-unsaturated/α-hetero) is 1. The van der Waals surface area contributed by atoms with Crippen LogP contribution in [-0.4, -0.2) is 5.78 Å². The van der Waals surface area contributed by atoms with E-state index in [9.17, 15) is 4.79 Å². The summed E-state index contributed by atoms with van der Waals surface area (Å²) in [7, 11) is 0. The van der Waals surface area contributed by atoms with Crippen molar-refractivity contribution in [1.82, 2.24) is 0 Å². The van der Waals surface area contributed by atoms with E-state index in [2.05, 4.69) is 27.7 Å². The number of hydrogen-bond acceptors (Lipinski definition) is 1. The second-order valence-electron chi connectivity index (χ2n) is 7.86. The largest absolute Gasteiger partial charge is 0.299 e. The first-order valence-corrected chi connectivity index (χ1v) is 8.47. The number of ketones is 1. The lowest BCUT2D eigenvalue weighted by molar-refractivity contribution is -0.132. The average Bonchev–Trinajstić information content (AvgIpc) is 2.38. The molecule has 2 aliphatic carbocycles. The van der Waals surface area contributed by atoms with Gasteiger partial charge in [-0.3, -0.25) is 4.79 Å². The first-order chi connectivity index (χ1) is 8.95. The smallest absolute Gasteiger partial charge is 0.136 e. The standard InChI is InChI=1S/C18H32O/c1-5-14-7-6-8-15(12-14)18(3,4)16-10-9-13(2)11-17(16)19/h13-16H,5-12H2,1-4H3. The van der Waals surface area contributed by atoms with Gasteiger partial charge in [0, 0.05) is 12.3 Å². The van der Waals surface area contributed by atoms with Crippen molar-refractivity contribution in [2.45, 2.75) is 79.1 Å². The Labute approximate surface area is 119 Å². The summed E-state index contributed by atoms with van der Waals surface area (Å²) in [5.74, 6) is 3.20. The average molecular weight is 264 g/mol. The molecule has 1 nitrogen and oxygen atoms in total. The summed E-state index contributed by atoms with van der Waals surface area (Å²) in [6.45, 7) is 9.32. The van der Waals surface area contributed by atoms with Crippen LogP contribution in [0.15, 0.2) is 0 Å². The molecule has 19 heavy (non-hydrogen) atoms. The Morgan fingerprint density at radius 3 is 2.53 bits per heavy atom. The first-order valence-electron chi connectivity index (χ1n) is 8.47. The van der Waals surface area contributed by atoms with E-state index < -0.39 is 0 Å². The monoisotopic (exact) mass is 264 g/mol. The van der Waals surface area contributed by atoms with Crippen LogP contribution in [0.25, 0.3) is 0 Å². The van der Waals surface area contributed by atoms with E-state index >= 15 is 0 Å². The number of carbonyl (C=O) groups excluding carboxylic acids is 1. The first kappa shape index (κ1) is 15.1. The third kappa shape index (κ3) is 3.23. The van der Waals surface area contributed by atoms with Crippen LogP contribution in [0.1, 0.15) is 79.1 Å². The van der Waals surface area contributed by atoms with Gasteiger partial charge in [0.05, 0.1) is 0 Å². The molecule has 0 aromatic rings. The van der Waals surface area contributed by atoms with E-state index in [1.54, 1.807) is 0 Å². The Balaban J connectivity index is 2.06. The van der Waals surface area contributed by atoms with Crippen molar-refractivity contribution in [1.29, 1.82) is 0 Å². The predicted octanol–water partition coefficient (Wildman–Crippen LogP) is 5.23. The minimum Gasteiger partial charge on any atom is -0.299 e. The Kier molecular flexibility index (Phi) is 4.74. The summed E-state index contributed by atoms with van der Waals surface area (Å²) in [6, 6.07) is 0. The maximum absolute atomic E-state index is 12.4. The van der Waals surface area contributed by atoms with E-state index in [0.717, 1.165) is 24.7 Å². The minimum atomic E-state index is 0.227. The third-order valence-corrected chi connectivity index (χ3v) is 6.20. The van der Waals surface area contributed by atoms with Crippen LogP contribution in [0.4, 0.5) is 0 Å². The molecule has 2 fully saturated rings. The fourth-order valence-electron chi connectivity index (χ4n) is 4.61. The molecule has 0 N–H and O–H groups in total. The topological polar surface area (TPSA) is 17.1 Å². The zero-order chi connectivity index (χ0) is 14.0. The van der Waals surface area contributed by atoms with Crippen LogP contribution < -0.4 is 0 Å². The quantitative estimate of drug-likeness (QED) is 0.681. The highest BCUT2D eigenvalue weighted by Crippen LogP contribution is 2.49. The van der Waals surface area contributed by atoms with Gasteiger partial charge >= 0.3 is 0 Å². The number of carbonyl (C=O) groups is 1. The molecule has 2 aliphatic rings. The lowest BCUT2D eigenvalue weighted by Crippen LogP contribution is -2.41. The molecule has 0 amide bonds. The minimum absolute atomic E-state index is 0.227. The van der Waals surface area contributed by atoms with E-state index in [-0.39, 0.29) is 5.41 Å². The molecule has 4 unspecified atom stereocenters. The Morgan fingerprint density at radius 1 is 1.16 bits per heavy atom. The highest BCUT2D eigenvalue weighted by Gasteiger charge is 2.43. The van der Waals surface area contributed by atoms with Gasteiger partial charge in [0.1, 0.15) is 5.78 Å². The van der Waals surface area contributed by atoms with E-state index in [1.807, 2.05) is 0 Å². The van der Waals surface area contributed by atoms with Gasteiger partial charge in [0.2, 0.25) is 0 Å². The summed E-state index contributed by atoms with van der Waals surface area (Å²) in [6.07, 6.45) is 10.1. The molecule has 2 rings (SSSR count). The summed E-state index contributed by atoms with van der Waals surface area (Å²) in [5.41, 5.74) is 0.227. The molecule has 0 heterocycles. The molecule has 2 saturated carbocycles. The second-order valence-corrected chi connectivity index (χ2v) is 7.86. The molecule has 1 heteroatoms. The van der Waals surface area contributed by atoms with Crippen LogP contribution in [-0.2, 0) is 4.79 Å². The Hall–Kier alpha value is -0.330. The molecule has 110 valence electrons. The van der Waals surface area contributed by atoms with Crippen molar-refractivity contribution in [3.8, 4) is 0 Å². The van der Waals surface area contributed by atoms with Gasteiger partial charge in [0.25, 0.3) is 0 Å². The molecule has 0 aromatic heterocycles. The molecule has 0 bridgehead atoms. The molecule has 4 atom stereocenters. The van der Waals surface area contributed by atoms with Crippen LogP contribution >= 0.6 is 0 Å². The van der Waals surface area contributed by atoms with Gasteiger partial charge in [0.15, 0.2) is 0 Å². The molecular weight excluding hydrogens is 232 g/mol. The Morgan fingerprint density at radius 2 is 1.89 bits per heavy atom. The molecule has 0 radical (unpaired) electrons. The summed E-state index contributed by atoms with van der Waals surface area (Å²) in [5, 5.41) is 0. The predicted molar refractivity (Wildman–Crippen MR) is 81.0 cm³/mol. The van der Waals surface area contributed by atoms with Gasteiger partial charge in [-0.05, 0) is 48.9 Å². The maximum atomic E-state index is 12.4. The summed E-state index contributed by atoms with van der Waals surface area (Å²) < 4.78 is 0. The summed E-state index contributed by atoms with van der Waals surface area (Å²) >= 11 is 0. The second kappa shape index (κ2) is 5.97. The van der Waals surface area contributed by atoms with Crippen LogP contribution in [0, 0.1) is 29.1 Å². The third-order valence-electron chi connectivity index (χ3n) is 6.20. The van der Waals surface area contributed by atoms with Crippen molar-refractivity contribution in [2.24, 2.45) is 29.1 Å². The molecule has 0 aromatic carbocycles. The van der Waals surface area contributed by atoms with E-state index in [4.69, 9.17) is 0 Å². The van der Waals surface area contributed by atoms with Gasteiger partial charge < -0.3 is 0 Å². The van der Waals surface area contributed by atoms with Crippen LogP contribution in [0.2, 0.25) is 0 Å². The highest BCUT2D eigenvalue weighted by molar-refractivity contribution is 5.82. The van der Waals surface area contributed by atoms with Gasteiger partial charge in [-0.25, -0.2) is 0 Å². The number of rotatable bonds is 3. The van der Waals surface area contributed by atoms with Crippen molar-refractivity contribution in [2.75, 3.05) is 0 Å². The van der Waals surface area contributed by atoms with E-state index in [1.165, 1.54) is 38.5 Å². The van der Waals surface area contributed by atoms with Gasteiger partial charge in [-0.2, -0.15) is 0 Å². The van der Waals surface area contributed by atoms with Crippen molar-refractivity contribution >= 4 is 5.78 Å². The molecule has 0 aliphatic heterocycles. The fourth-order valence-corrected chi connectivity index (χ4v) is 4.61. The normalized spacial score (nSPS) is 37.4. The van der Waals surface area contributed by atoms with Crippen molar-refractivity contribution < 1.29 is 4.79 Å². The van der Waals surface area contributed by atoms with Crippen molar-refractivity contribution in [3.05, 3.63) is 0 Å². The van der Waals surface area contributed by atoms with Crippen LogP contribution in [0.3, 0.4) is 0 Å². The maximum Gasteiger partial charge on any atom is 0.136 e. The number of hydrogen-bond donors (Lipinski definition) is 0. The van der Waals surface area contributed by atoms with E-state index in [0.29, 0.717) is 17.6 Å². The Bertz CT molecular complexity index is 318. The zero-order valence-corrected chi connectivity index (χ0v) is 13.4. The van der Waals surface area contributed by atoms with Crippen LogP contribution in [0.5, 0.6) is 0 Å². The lowest BCUT2D eigenvalue weighted by atomic mass is 9.58. The van der Waals surface area contributed by atoms with Gasteiger partial charge in [-0.15, -0.1) is 0 Å². The summed E-state index contributed by atoms with van der Waals surface area (Å²) in [4.78, 5) is 12.4. The SMILES string of the molecule is CCC1CCCC(C(C)(C)C2CCC(C)CC2=O)C1. The highest BCUT2D eigenvalue weighted by atomic mass is 16.1.